The minimum absolute atomic E-state index is 0.671. The lowest BCUT2D eigenvalue weighted by molar-refractivity contribution is 0.127. The average Bonchev–Trinajstić information content (AvgIpc) is 3.51. The molecule has 0 aromatic heterocycles. The van der Waals surface area contributed by atoms with E-state index in [1.54, 1.807) is 0 Å². The quantitative estimate of drug-likeness (QED) is 0.312. The second kappa shape index (κ2) is 16.9. The molecule has 0 amide bonds. The van der Waals surface area contributed by atoms with Gasteiger partial charge in [0.1, 0.15) is 0 Å². The zero-order chi connectivity index (χ0) is 29.3. The lowest BCUT2D eigenvalue weighted by Crippen LogP contribution is -2.42. The molecule has 4 nitrogen and oxygen atoms in total. The van der Waals surface area contributed by atoms with Crippen molar-refractivity contribution in [3.05, 3.63) is 0 Å². The van der Waals surface area contributed by atoms with Crippen molar-refractivity contribution in [3.63, 3.8) is 0 Å². The molecule has 0 aromatic rings. The van der Waals surface area contributed by atoms with Gasteiger partial charge < -0.3 is 4.74 Å². The van der Waals surface area contributed by atoms with Crippen molar-refractivity contribution >= 4 is 0 Å². The number of rotatable bonds is 8. The molecule has 0 spiro atoms. The van der Waals surface area contributed by atoms with E-state index in [4.69, 9.17) is 4.74 Å². The topological polar surface area (TPSA) is 19.0 Å². The highest BCUT2D eigenvalue weighted by molar-refractivity contribution is 4.90. The highest BCUT2D eigenvalue weighted by Gasteiger charge is 2.35. The molecule has 0 aliphatic carbocycles. The molecule has 0 bridgehead atoms. The van der Waals surface area contributed by atoms with Crippen LogP contribution in [0.25, 0.3) is 0 Å². The van der Waals surface area contributed by atoms with E-state index in [1.165, 1.54) is 38.8 Å². The summed E-state index contributed by atoms with van der Waals surface area (Å²) in [7, 11) is 1.81. The summed E-state index contributed by atoms with van der Waals surface area (Å²) in [5.41, 5.74) is 0. The van der Waals surface area contributed by atoms with Gasteiger partial charge in [-0.2, -0.15) is 0 Å². The standard InChI is InChI=1S/C12H25NO.2C11H23N/c1-9(2)12-6-11(8-14-5)7-13(12)10(3)4;1-8(2)11-6-10(5)7-12(11)9(3)4;1-8(2)11-7-6-10(5)12(11)9(3)4/h9-12H,6-8H2,1-5H3;2*8-11H,6-7H2,1-5H3/t11?,12-;2*10?,11-/m000/s1. The molecular weight excluding hydrogens is 466 g/mol. The van der Waals surface area contributed by atoms with Gasteiger partial charge >= 0.3 is 0 Å². The van der Waals surface area contributed by atoms with Gasteiger partial charge in [-0.05, 0) is 104 Å². The van der Waals surface area contributed by atoms with Crippen LogP contribution in [0, 0.1) is 29.6 Å². The first-order valence-corrected chi connectivity index (χ1v) is 16.4. The van der Waals surface area contributed by atoms with Crippen LogP contribution in [0.1, 0.15) is 123 Å². The summed E-state index contributed by atoms with van der Waals surface area (Å²) in [6, 6.07) is 5.34. The molecule has 0 radical (unpaired) electrons. The third-order valence-electron chi connectivity index (χ3n) is 9.47. The van der Waals surface area contributed by atoms with Crippen molar-refractivity contribution in [3.8, 4) is 0 Å². The van der Waals surface area contributed by atoms with Gasteiger partial charge in [0.2, 0.25) is 0 Å². The van der Waals surface area contributed by atoms with E-state index >= 15 is 0 Å². The first kappa shape index (κ1) is 35.9. The van der Waals surface area contributed by atoms with E-state index in [0.717, 1.165) is 72.4 Å². The van der Waals surface area contributed by atoms with Crippen molar-refractivity contribution in [2.45, 2.75) is 165 Å². The molecule has 4 heteroatoms. The summed E-state index contributed by atoms with van der Waals surface area (Å²) in [5, 5.41) is 0. The highest BCUT2D eigenvalue weighted by atomic mass is 16.5. The highest BCUT2D eigenvalue weighted by Crippen LogP contribution is 2.32. The van der Waals surface area contributed by atoms with Gasteiger partial charge in [0.05, 0.1) is 6.61 Å². The van der Waals surface area contributed by atoms with Gasteiger partial charge in [-0.1, -0.05) is 48.5 Å². The van der Waals surface area contributed by atoms with Crippen molar-refractivity contribution in [1.29, 1.82) is 0 Å². The fourth-order valence-electron chi connectivity index (χ4n) is 7.56. The van der Waals surface area contributed by atoms with Crippen LogP contribution < -0.4 is 0 Å². The van der Waals surface area contributed by atoms with Gasteiger partial charge in [0.25, 0.3) is 0 Å². The van der Waals surface area contributed by atoms with E-state index in [1.807, 2.05) is 7.11 Å². The Morgan fingerprint density at radius 3 is 1.42 bits per heavy atom. The van der Waals surface area contributed by atoms with Crippen LogP contribution in [-0.2, 0) is 4.74 Å². The molecule has 6 atom stereocenters. The molecule has 0 N–H and O–H groups in total. The largest absolute Gasteiger partial charge is 0.384 e. The lowest BCUT2D eigenvalue weighted by Gasteiger charge is -2.34. The second-order valence-electron chi connectivity index (χ2n) is 14.9. The van der Waals surface area contributed by atoms with Crippen molar-refractivity contribution in [2.24, 2.45) is 29.6 Å². The lowest BCUT2D eigenvalue weighted by atomic mass is 9.97. The maximum atomic E-state index is 5.26. The molecule has 228 valence electrons. The van der Waals surface area contributed by atoms with Gasteiger partial charge in [-0.15, -0.1) is 0 Å². The van der Waals surface area contributed by atoms with E-state index in [9.17, 15) is 0 Å². The number of hydrogen-bond donors (Lipinski definition) is 0. The van der Waals surface area contributed by atoms with E-state index in [0.29, 0.717) is 6.04 Å². The Morgan fingerprint density at radius 2 is 1.08 bits per heavy atom. The van der Waals surface area contributed by atoms with Crippen molar-refractivity contribution in [1.82, 2.24) is 14.7 Å². The number of methoxy groups -OCH3 is 1. The van der Waals surface area contributed by atoms with Crippen LogP contribution in [0.3, 0.4) is 0 Å². The first-order valence-electron chi connectivity index (χ1n) is 16.4. The molecular formula is C34H71N3O. The summed E-state index contributed by atoms with van der Waals surface area (Å²) in [5.74, 6) is 4.04. The summed E-state index contributed by atoms with van der Waals surface area (Å²) < 4.78 is 5.26. The molecule has 0 aromatic carbocycles. The predicted molar refractivity (Wildman–Crippen MR) is 169 cm³/mol. The summed E-state index contributed by atoms with van der Waals surface area (Å²) in [6.45, 7) is 36.1. The third kappa shape index (κ3) is 10.7. The maximum absolute atomic E-state index is 5.26. The van der Waals surface area contributed by atoms with Crippen molar-refractivity contribution < 1.29 is 4.74 Å². The average molecular weight is 538 g/mol. The normalized spacial score (nSPS) is 31.2. The fraction of sp³-hybridized carbons (Fsp3) is 1.00. The molecule has 3 aliphatic heterocycles. The van der Waals surface area contributed by atoms with Gasteiger partial charge in [-0.3, -0.25) is 14.7 Å². The van der Waals surface area contributed by atoms with Gasteiger partial charge in [-0.25, -0.2) is 0 Å². The van der Waals surface area contributed by atoms with E-state index in [2.05, 4.69) is 112 Å². The zero-order valence-electron chi connectivity index (χ0n) is 28.6. The van der Waals surface area contributed by atoms with Gasteiger partial charge in [0, 0.05) is 62.5 Å². The fourth-order valence-corrected chi connectivity index (χ4v) is 7.56. The van der Waals surface area contributed by atoms with E-state index < -0.39 is 0 Å². The van der Waals surface area contributed by atoms with Crippen molar-refractivity contribution in [2.75, 3.05) is 26.8 Å². The monoisotopic (exact) mass is 538 g/mol. The van der Waals surface area contributed by atoms with Crippen LogP contribution >= 0.6 is 0 Å². The Bertz CT molecular complexity index is 577. The zero-order valence-corrected chi connectivity index (χ0v) is 28.6. The number of likely N-dealkylation sites (tertiary alicyclic amines) is 3. The Morgan fingerprint density at radius 1 is 0.605 bits per heavy atom. The minimum atomic E-state index is 0.671. The SMILES string of the molecule is CC(C)[C@@H]1CCC(C)N1C(C)C.CC1C[C@@H](C(C)C)N(C(C)C)C1.COCC1C[C@@H](C(C)C)N(C(C)C)C1. The Hall–Kier alpha value is -0.160. The Labute approximate surface area is 240 Å². The molecule has 3 fully saturated rings. The second-order valence-corrected chi connectivity index (χ2v) is 14.9. The molecule has 3 unspecified atom stereocenters. The number of ether oxygens (including phenoxy) is 1. The molecule has 3 saturated heterocycles. The smallest absolute Gasteiger partial charge is 0.0503 e. The molecule has 3 aliphatic rings. The molecule has 3 heterocycles. The summed E-state index contributed by atoms with van der Waals surface area (Å²) in [4.78, 5) is 7.98. The number of nitrogens with zero attached hydrogens (tertiary/aromatic N) is 3. The molecule has 38 heavy (non-hydrogen) atoms. The van der Waals surface area contributed by atoms with Crippen LogP contribution in [-0.4, -0.2) is 83.8 Å². The Balaban J connectivity index is 0.000000286. The molecule has 0 saturated carbocycles. The first-order chi connectivity index (χ1) is 17.6. The van der Waals surface area contributed by atoms with E-state index in [-0.39, 0.29) is 0 Å². The summed E-state index contributed by atoms with van der Waals surface area (Å²) in [6.07, 6.45) is 5.50. The third-order valence-corrected chi connectivity index (χ3v) is 9.47. The van der Waals surface area contributed by atoms with Crippen LogP contribution in [0.5, 0.6) is 0 Å². The maximum Gasteiger partial charge on any atom is 0.0503 e. The molecule has 3 rings (SSSR count). The Kier molecular flexibility index (Phi) is 16.0. The van der Waals surface area contributed by atoms with Gasteiger partial charge in [0.15, 0.2) is 0 Å². The van der Waals surface area contributed by atoms with Crippen LogP contribution in [0.15, 0.2) is 0 Å². The van der Waals surface area contributed by atoms with Crippen LogP contribution in [0.4, 0.5) is 0 Å². The van der Waals surface area contributed by atoms with Crippen LogP contribution in [0.2, 0.25) is 0 Å². The predicted octanol–water partition coefficient (Wildman–Crippen LogP) is 8.05. The summed E-state index contributed by atoms with van der Waals surface area (Å²) >= 11 is 0. The minimum Gasteiger partial charge on any atom is -0.384 e. The number of hydrogen-bond acceptors (Lipinski definition) is 4.